The molecule has 0 unspecified atom stereocenters. The number of alkyl halides is 6. The molecule has 14 rings (SSSR count). The van der Waals surface area contributed by atoms with Gasteiger partial charge in [-0.1, -0.05) is 157 Å². The summed E-state index contributed by atoms with van der Waals surface area (Å²) in [5.74, 6) is -0.0120. The molecule has 6 nitrogen and oxygen atoms in total. The van der Waals surface area contributed by atoms with E-state index in [4.69, 9.17) is 9.97 Å². The van der Waals surface area contributed by atoms with Crippen LogP contribution in [0.3, 0.4) is 0 Å². The molecule has 10 aromatic carbocycles. The van der Waals surface area contributed by atoms with Crippen molar-refractivity contribution in [3.8, 4) is 67.8 Å². The van der Waals surface area contributed by atoms with E-state index in [1.165, 1.54) is 24.3 Å². The van der Waals surface area contributed by atoms with Crippen molar-refractivity contribution >= 4 is 65.2 Å². The van der Waals surface area contributed by atoms with Crippen molar-refractivity contribution in [1.29, 1.82) is 0 Å². The fourth-order valence-corrected chi connectivity index (χ4v) is 10.3. The van der Waals surface area contributed by atoms with Gasteiger partial charge in [-0.2, -0.15) is 26.3 Å². The Morgan fingerprint density at radius 2 is 0.558 bits per heavy atom. The van der Waals surface area contributed by atoms with E-state index in [2.05, 4.69) is 32.1 Å². The quantitative estimate of drug-likeness (QED) is 0.0938. The Labute approximate surface area is 448 Å². The van der Waals surface area contributed by atoms with Gasteiger partial charge in [-0.25, -0.2) is 9.97 Å². The van der Waals surface area contributed by atoms with Gasteiger partial charge in [0.15, 0.2) is 0 Å². The fourth-order valence-electron chi connectivity index (χ4n) is 10.3. The van der Waals surface area contributed by atoms with Crippen LogP contribution in [0.4, 0.5) is 26.3 Å². The third kappa shape index (κ3) is 8.63. The van der Waals surface area contributed by atoms with Crippen molar-refractivity contribution in [3.05, 3.63) is 230 Å². The van der Waals surface area contributed by atoms with Crippen LogP contribution < -0.4 is 0 Å². The van der Waals surface area contributed by atoms with Gasteiger partial charge in [0.2, 0.25) is 0 Å². The number of hydrogen-bond acceptors (Lipinski definition) is 6. The van der Waals surface area contributed by atoms with Crippen molar-refractivity contribution in [2.45, 2.75) is 12.4 Å². The molecule has 0 bridgehead atoms. The van der Waals surface area contributed by atoms with E-state index in [-0.39, 0.29) is 42.9 Å². The topological polar surface area (TPSA) is 77.3 Å². The number of benzene rings is 10. The minimum absolute atomic E-state index is 0. The predicted molar refractivity (Wildman–Crippen MR) is 287 cm³/mol. The first-order valence-corrected chi connectivity index (χ1v) is 24.1. The third-order valence-electron chi connectivity index (χ3n) is 13.6. The molecule has 0 radical (unpaired) electrons. The average molecular weight is 1190 g/mol. The summed E-state index contributed by atoms with van der Waals surface area (Å²) in [5, 5.41) is 7.20. The van der Waals surface area contributed by atoms with E-state index in [0.29, 0.717) is 22.1 Å². The van der Waals surface area contributed by atoms with Crippen LogP contribution in [0.2, 0.25) is 0 Å². The monoisotopic (exact) mass is 1190 g/mol. The first kappa shape index (κ1) is 48.9. The van der Waals surface area contributed by atoms with E-state index in [0.717, 1.165) is 100 Å². The summed E-state index contributed by atoms with van der Waals surface area (Å²) in [5.41, 5.74) is 7.50. The van der Waals surface area contributed by atoms with Gasteiger partial charge < -0.3 is 0 Å². The predicted octanol–water partition coefficient (Wildman–Crippen LogP) is 17.2. The first-order valence-electron chi connectivity index (χ1n) is 24.1. The molecule has 4 heterocycles. The van der Waals surface area contributed by atoms with E-state index in [1.807, 2.05) is 170 Å². The van der Waals surface area contributed by atoms with E-state index >= 15 is 0 Å². The third-order valence-corrected chi connectivity index (χ3v) is 13.6. The van der Waals surface area contributed by atoms with Crippen molar-refractivity contribution in [1.82, 2.24) is 29.9 Å². The first-order chi connectivity index (χ1) is 37.0. The second-order valence-corrected chi connectivity index (χ2v) is 18.1. The van der Waals surface area contributed by atoms with E-state index in [9.17, 15) is 26.3 Å². The van der Waals surface area contributed by atoms with Crippen molar-refractivity contribution in [2.24, 2.45) is 0 Å². The Morgan fingerprint density at radius 1 is 0.286 bits per heavy atom. The molecule has 0 saturated heterocycles. The largest absolute Gasteiger partial charge is 3.00 e. The van der Waals surface area contributed by atoms with Gasteiger partial charge in [0.25, 0.3) is 0 Å². The summed E-state index contributed by atoms with van der Waals surface area (Å²) in [7, 11) is 0. The maximum atomic E-state index is 13.8. The molecule has 370 valence electrons. The molecule has 0 N–H and O–H groups in total. The standard InChI is InChI=1S/2C32H17F3N3.Ir/c2*33-32(34,35)24-14-8-7-13-21(24)31-36-25-17-15-22-27-23(16-18-26(37-31)28(25)27)30(20-11-5-2-6-12-20)38-29(22)19-9-3-1-4-10-19;/h2*1-12,14-18H;/q2*-1;+3. The number of aromatic nitrogens is 6. The average Bonchev–Trinajstić information content (AvgIpc) is 3.49. The van der Waals surface area contributed by atoms with Crippen molar-refractivity contribution < 1.29 is 46.4 Å². The van der Waals surface area contributed by atoms with Gasteiger partial charge >= 0.3 is 32.5 Å². The normalized spacial score (nSPS) is 11.9. The van der Waals surface area contributed by atoms with Crippen molar-refractivity contribution in [3.63, 3.8) is 0 Å². The molecule has 0 aliphatic rings. The Bertz CT molecular complexity index is 3980. The number of halogens is 6. The van der Waals surface area contributed by atoms with Crippen LogP contribution >= 0.6 is 0 Å². The summed E-state index contributed by atoms with van der Waals surface area (Å²) >= 11 is 0. The van der Waals surface area contributed by atoms with Crippen LogP contribution in [-0.4, -0.2) is 29.9 Å². The molecule has 0 saturated carbocycles. The summed E-state index contributed by atoms with van der Waals surface area (Å²) in [6.07, 6.45) is -9.09. The maximum Gasteiger partial charge on any atom is 3.00 e. The van der Waals surface area contributed by atoms with Crippen LogP contribution in [0.1, 0.15) is 11.1 Å². The summed E-state index contributed by atoms with van der Waals surface area (Å²) in [6, 6.07) is 67.9. The zero-order valence-corrected chi connectivity index (χ0v) is 42.3. The summed E-state index contributed by atoms with van der Waals surface area (Å²) < 4.78 is 82.6. The minimum Gasteiger partial charge on any atom is -0.277 e. The zero-order valence-electron chi connectivity index (χ0n) is 39.9. The molecule has 0 atom stereocenters. The van der Waals surface area contributed by atoms with Crippen LogP contribution in [0, 0.1) is 12.1 Å². The summed E-state index contributed by atoms with van der Waals surface area (Å²) in [6.45, 7) is 0. The van der Waals surface area contributed by atoms with E-state index in [1.54, 1.807) is 0 Å². The van der Waals surface area contributed by atoms with Gasteiger partial charge in [-0.3, -0.25) is 19.9 Å². The number of hydrogen-bond donors (Lipinski definition) is 0. The molecular formula is C64H34F6IrN6+. The molecule has 0 fully saturated rings. The van der Waals surface area contributed by atoms with E-state index < -0.39 is 23.5 Å². The van der Waals surface area contributed by atoms with Crippen LogP contribution in [0.25, 0.3) is 133 Å². The van der Waals surface area contributed by atoms with Gasteiger partial charge in [0.05, 0.1) is 56.5 Å². The Morgan fingerprint density at radius 3 is 0.818 bits per heavy atom. The van der Waals surface area contributed by atoms with Gasteiger partial charge in [0, 0.05) is 65.3 Å². The molecular weight excluding hydrogens is 1160 g/mol. The number of pyridine rings is 2. The SMILES string of the molecule is FC(F)(F)c1ccc[c-]c1-c1nc2ccc3c(-c4ccccc4)nc(-c4ccccc4)c4ccc(n1)c2c34.FC(F)(F)c1ccc[c-]c1-c1nc2ccc3c(-c4ccccc4)nc(-c4ccccc4)c4ccc(n1)c2c34.[Ir+3]. The molecule has 0 aliphatic carbocycles. The minimum atomic E-state index is -4.55. The Balaban J connectivity index is 0.000000153. The number of rotatable bonds is 6. The molecule has 0 spiro atoms. The molecule has 0 aliphatic heterocycles. The van der Waals surface area contributed by atoms with Crippen LogP contribution in [-0.2, 0) is 32.5 Å². The molecule has 77 heavy (non-hydrogen) atoms. The second kappa shape index (κ2) is 19.3. The molecule has 0 amide bonds. The maximum absolute atomic E-state index is 13.8. The van der Waals surface area contributed by atoms with Crippen LogP contribution in [0.15, 0.2) is 206 Å². The molecule has 14 aromatic rings. The van der Waals surface area contributed by atoms with Gasteiger partial charge in [-0.05, 0) is 35.4 Å². The number of nitrogens with zero attached hydrogens (tertiary/aromatic N) is 6. The Hall–Kier alpha value is -9.03. The molecule has 13 heteroatoms. The van der Waals surface area contributed by atoms with Gasteiger partial charge in [0.1, 0.15) is 0 Å². The Kier molecular flexibility index (Phi) is 12.2. The zero-order chi connectivity index (χ0) is 51.7. The van der Waals surface area contributed by atoms with Crippen molar-refractivity contribution in [2.75, 3.05) is 0 Å². The van der Waals surface area contributed by atoms with Crippen LogP contribution in [0.5, 0.6) is 0 Å². The van der Waals surface area contributed by atoms with Gasteiger partial charge in [-0.15, -0.1) is 48.5 Å². The molecule has 4 aromatic heterocycles. The fraction of sp³-hybridized carbons (Fsp3) is 0.0312. The second-order valence-electron chi connectivity index (χ2n) is 18.1. The summed E-state index contributed by atoms with van der Waals surface area (Å²) in [4.78, 5) is 28.7. The smallest absolute Gasteiger partial charge is 0.277 e.